The van der Waals surface area contributed by atoms with Crippen molar-refractivity contribution in [3.63, 3.8) is 0 Å². The van der Waals surface area contributed by atoms with Gasteiger partial charge in [-0.05, 0) is 11.6 Å². The highest BCUT2D eigenvalue weighted by Crippen LogP contribution is 2.22. The Kier molecular flexibility index (Phi) is 3.91. The first kappa shape index (κ1) is 11.1. The smallest absolute Gasteiger partial charge is 0.124 e. The average Bonchev–Trinajstić information content (AvgIpc) is 2.38. The van der Waals surface area contributed by atoms with Crippen molar-refractivity contribution >= 4 is 11.8 Å². The SMILES string of the molecule is NCc1ccnnc1SCc1ccccc1. The Labute approximate surface area is 99.1 Å². The standard InChI is InChI=1S/C12H13N3S/c13-8-11-6-7-14-15-12(11)16-9-10-4-2-1-3-5-10/h1-7H,8-9,13H2. The summed E-state index contributed by atoms with van der Waals surface area (Å²) < 4.78 is 0. The Morgan fingerprint density at radius 1 is 1.12 bits per heavy atom. The summed E-state index contributed by atoms with van der Waals surface area (Å²) >= 11 is 1.67. The maximum Gasteiger partial charge on any atom is 0.124 e. The van der Waals surface area contributed by atoms with E-state index in [2.05, 4.69) is 22.3 Å². The molecule has 0 atom stereocenters. The molecule has 0 amide bonds. The molecule has 0 aliphatic heterocycles. The second-order valence-corrected chi connectivity index (χ2v) is 4.30. The van der Waals surface area contributed by atoms with Crippen molar-refractivity contribution in [1.29, 1.82) is 0 Å². The maximum atomic E-state index is 5.64. The van der Waals surface area contributed by atoms with Crippen LogP contribution in [0.1, 0.15) is 11.1 Å². The highest BCUT2D eigenvalue weighted by molar-refractivity contribution is 7.98. The third kappa shape index (κ3) is 2.81. The fourth-order valence-corrected chi connectivity index (χ4v) is 2.28. The largest absolute Gasteiger partial charge is 0.326 e. The molecule has 2 N–H and O–H groups in total. The lowest BCUT2D eigenvalue weighted by Crippen LogP contribution is -2.01. The second-order valence-electron chi connectivity index (χ2n) is 3.34. The summed E-state index contributed by atoms with van der Waals surface area (Å²) in [6.07, 6.45) is 1.68. The van der Waals surface area contributed by atoms with Crippen molar-refractivity contribution in [3.05, 3.63) is 53.7 Å². The molecular formula is C12H13N3S. The summed E-state index contributed by atoms with van der Waals surface area (Å²) in [5, 5.41) is 8.90. The van der Waals surface area contributed by atoms with Gasteiger partial charge in [0.05, 0.1) is 0 Å². The van der Waals surface area contributed by atoms with Gasteiger partial charge in [0.25, 0.3) is 0 Å². The Balaban J connectivity index is 2.05. The minimum Gasteiger partial charge on any atom is -0.326 e. The van der Waals surface area contributed by atoms with Crippen LogP contribution in [0.15, 0.2) is 47.6 Å². The van der Waals surface area contributed by atoms with E-state index >= 15 is 0 Å². The predicted octanol–water partition coefficient (Wildman–Crippen LogP) is 2.23. The van der Waals surface area contributed by atoms with Crippen molar-refractivity contribution < 1.29 is 0 Å². The first-order chi connectivity index (χ1) is 7.90. The lowest BCUT2D eigenvalue weighted by molar-refractivity contribution is 0.866. The van der Waals surface area contributed by atoms with Gasteiger partial charge in [-0.3, -0.25) is 0 Å². The van der Waals surface area contributed by atoms with Gasteiger partial charge in [-0.1, -0.05) is 42.1 Å². The molecule has 0 spiro atoms. The Bertz CT molecular complexity index is 445. The van der Waals surface area contributed by atoms with Gasteiger partial charge in [0, 0.05) is 24.1 Å². The quantitative estimate of drug-likeness (QED) is 0.820. The summed E-state index contributed by atoms with van der Waals surface area (Å²) in [4.78, 5) is 0. The fourth-order valence-electron chi connectivity index (χ4n) is 1.35. The van der Waals surface area contributed by atoms with Crippen LogP contribution in [0, 0.1) is 0 Å². The first-order valence-corrected chi connectivity index (χ1v) is 6.06. The summed E-state index contributed by atoms with van der Waals surface area (Å²) in [6, 6.07) is 12.2. The minimum absolute atomic E-state index is 0.507. The van der Waals surface area contributed by atoms with E-state index in [9.17, 15) is 0 Å². The average molecular weight is 231 g/mol. The molecule has 0 unspecified atom stereocenters. The molecule has 0 saturated carbocycles. The lowest BCUT2D eigenvalue weighted by atomic mass is 10.2. The first-order valence-electron chi connectivity index (χ1n) is 5.07. The van der Waals surface area contributed by atoms with Gasteiger partial charge in [0.1, 0.15) is 5.03 Å². The van der Waals surface area contributed by atoms with Crippen LogP contribution in [0.25, 0.3) is 0 Å². The highest BCUT2D eigenvalue weighted by atomic mass is 32.2. The van der Waals surface area contributed by atoms with Crippen LogP contribution in [0.2, 0.25) is 0 Å². The molecule has 0 radical (unpaired) electrons. The van der Waals surface area contributed by atoms with Crippen LogP contribution in [-0.2, 0) is 12.3 Å². The highest BCUT2D eigenvalue weighted by Gasteiger charge is 2.03. The van der Waals surface area contributed by atoms with Gasteiger partial charge in [0.2, 0.25) is 0 Å². The summed E-state index contributed by atoms with van der Waals surface area (Å²) in [5.74, 6) is 0.895. The molecule has 16 heavy (non-hydrogen) atoms. The van der Waals surface area contributed by atoms with Gasteiger partial charge in [-0.25, -0.2) is 0 Å². The molecular weight excluding hydrogens is 218 g/mol. The monoisotopic (exact) mass is 231 g/mol. The molecule has 4 heteroatoms. The van der Waals surface area contributed by atoms with Crippen LogP contribution in [0.3, 0.4) is 0 Å². The molecule has 2 rings (SSSR count). The van der Waals surface area contributed by atoms with Crippen LogP contribution in [0.5, 0.6) is 0 Å². The van der Waals surface area contributed by atoms with E-state index < -0.39 is 0 Å². The molecule has 3 nitrogen and oxygen atoms in total. The number of nitrogens with zero attached hydrogens (tertiary/aromatic N) is 2. The Morgan fingerprint density at radius 2 is 1.94 bits per heavy atom. The van der Waals surface area contributed by atoms with E-state index in [0.717, 1.165) is 16.3 Å². The van der Waals surface area contributed by atoms with Gasteiger partial charge in [-0.15, -0.1) is 5.10 Å². The van der Waals surface area contributed by atoms with E-state index in [0.29, 0.717) is 6.54 Å². The van der Waals surface area contributed by atoms with Crippen molar-refractivity contribution in [3.8, 4) is 0 Å². The topological polar surface area (TPSA) is 51.8 Å². The number of rotatable bonds is 4. The molecule has 0 fully saturated rings. The summed E-state index contributed by atoms with van der Waals surface area (Å²) in [6.45, 7) is 0.507. The van der Waals surface area contributed by atoms with Crippen molar-refractivity contribution in [2.75, 3.05) is 0 Å². The predicted molar refractivity (Wildman–Crippen MR) is 65.9 cm³/mol. The van der Waals surface area contributed by atoms with Crippen molar-refractivity contribution in [2.45, 2.75) is 17.3 Å². The number of aromatic nitrogens is 2. The molecule has 0 bridgehead atoms. The van der Waals surface area contributed by atoms with Gasteiger partial charge in [0.15, 0.2) is 0 Å². The zero-order chi connectivity index (χ0) is 11.2. The van der Waals surface area contributed by atoms with Crippen LogP contribution >= 0.6 is 11.8 Å². The molecule has 1 aromatic carbocycles. The third-order valence-electron chi connectivity index (χ3n) is 2.20. The molecule has 1 aromatic heterocycles. The molecule has 0 aliphatic carbocycles. The third-order valence-corrected chi connectivity index (χ3v) is 3.30. The number of hydrogen-bond acceptors (Lipinski definition) is 4. The fraction of sp³-hybridized carbons (Fsp3) is 0.167. The molecule has 0 aliphatic rings. The zero-order valence-corrected chi connectivity index (χ0v) is 9.65. The van der Waals surface area contributed by atoms with Crippen LogP contribution < -0.4 is 5.73 Å². The van der Waals surface area contributed by atoms with Gasteiger partial charge in [-0.2, -0.15) is 5.10 Å². The molecule has 1 heterocycles. The lowest BCUT2D eigenvalue weighted by Gasteiger charge is -2.04. The van der Waals surface area contributed by atoms with E-state index in [1.807, 2.05) is 24.3 Å². The number of nitrogens with two attached hydrogens (primary N) is 1. The molecule has 2 aromatic rings. The summed E-state index contributed by atoms with van der Waals surface area (Å²) in [5.41, 5.74) is 7.97. The van der Waals surface area contributed by atoms with E-state index in [-0.39, 0.29) is 0 Å². The number of hydrogen-bond donors (Lipinski definition) is 1. The summed E-state index contributed by atoms with van der Waals surface area (Å²) in [7, 11) is 0. The van der Waals surface area contributed by atoms with E-state index in [1.165, 1.54) is 5.56 Å². The van der Waals surface area contributed by atoms with Crippen molar-refractivity contribution in [1.82, 2.24) is 10.2 Å². The zero-order valence-electron chi connectivity index (χ0n) is 8.84. The van der Waals surface area contributed by atoms with Crippen molar-refractivity contribution in [2.24, 2.45) is 5.73 Å². The maximum absolute atomic E-state index is 5.64. The van der Waals surface area contributed by atoms with Gasteiger partial charge >= 0.3 is 0 Å². The molecule has 82 valence electrons. The van der Waals surface area contributed by atoms with Gasteiger partial charge < -0.3 is 5.73 Å². The minimum atomic E-state index is 0.507. The Hall–Kier alpha value is -1.39. The molecule has 0 saturated heterocycles. The van der Waals surface area contributed by atoms with E-state index in [1.54, 1.807) is 18.0 Å². The Morgan fingerprint density at radius 3 is 2.69 bits per heavy atom. The van der Waals surface area contributed by atoms with E-state index in [4.69, 9.17) is 5.73 Å². The number of thioether (sulfide) groups is 1. The van der Waals surface area contributed by atoms with Crippen LogP contribution in [-0.4, -0.2) is 10.2 Å². The normalized spacial score (nSPS) is 10.3. The number of benzene rings is 1. The van der Waals surface area contributed by atoms with Crippen LogP contribution in [0.4, 0.5) is 0 Å². The second kappa shape index (κ2) is 5.63.